The molecule has 0 saturated heterocycles. The predicted molar refractivity (Wildman–Crippen MR) is 95.8 cm³/mol. The lowest BCUT2D eigenvalue weighted by atomic mass is 10.0. The van der Waals surface area contributed by atoms with Crippen molar-refractivity contribution < 1.29 is 9.53 Å². The van der Waals surface area contributed by atoms with Gasteiger partial charge in [-0.2, -0.15) is 11.8 Å². The minimum Gasteiger partial charge on any atom is -0.481 e. The maximum atomic E-state index is 12.1. The zero-order valence-corrected chi connectivity index (χ0v) is 15.4. The molecule has 0 aliphatic heterocycles. The van der Waals surface area contributed by atoms with E-state index < -0.39 is 6.10 Å². The second kappa shape index (κ2) is 8.47. The van der Waals surface area contributed by atoms with Crippen molar-refractivity contribution in [3.63, 3.8) is 0 Å². The molecule has 1 atom stereocenters. The van der Waals surface area contributed by atoms with Crippen molar-refractivity contribution in [1.82, 2.24) is 5.32 Å². The molecule has 0 aliphatic rings. The van der Waals surface area contributed by atoms with Gasteiger partial charge in [-0.1, -0.05) is 52.8 Å². The normalized spacial score (nSPS) is 13.0. The number of thioether (sulfide) groups is 1. The number of hydrogen-bond acceptors (Lipinski definition) is 3. The molecule has 0 saturated carbocycles. The second-order valence-corrected chi connectivity index (χ2v) is 8.63. The van der Waals surface area contributed by atoms with Gasteiger partial charge in [0.05, 0.1) is 0 Å². The van der Waals surface area contributed by atoms with Gasteiger partial charge in [0.15, 0.2) is 6.10 Å². The van der Waals surface area contributed by atoms with Gasteiger partial charge in [0.1, 0.15) is 5.75 Å². The van der Waals surface area contributed by atoms with Crippen LogP contribution in [0.2, 0.25) is 0 Å². The Balaban J connectivity index is 2.48. The average molecular weight is 324 g/mol. The first-order chi connectivity index (χ1) is 10.2. The maximum absolute atomic E-state index is 12.1. The summed E-state index contributed by atoms with van der Waals surface area (Å²) in [6.07, 6.45) is -0.487. The van der Waals surface area contributed by atoms with Gasteiger partial charge >= 0.3 is 0 Å². The lowest BCUT2D eigenvalue weighted by molar-refractivity contribution is -0.127. The summed E-state index contributed by atoms with van der Waals surface area (Å²) in [7, 11) is 0. The SMILES string of the molecule is CC(C)c1ccccc1O[C@@H](C)C(=O)NCCSC(C)(C)C. The molecule has 0 aliphatic carbocycles. The highest BCUT2D eigenvalue weighted by atomic mass is 32.2. The zero-order valence-electron chi connectivity index (χ0n) is 14.6. The molecule has 0 spiro atoms. The van der Waals surface area contributed by atoms with Crippen molar-refractivity contribution in [3.05, 3.63) is 29.8 Å². The van der Waals surface area contributed by atoms with Crippen molar-refractivity contribution in [3.8, 4) is 5.75 Å². The summed E-state index contributed by atoms with van der Waals surface area (Å²) in [6.45, 7) is 13.2. The monoisotopic (exact) mass is 323 g/mol. The lowest BCUT2D eigenvalue weighted by Gasteiger charge is -2.20. The van der Waals surface area contributed by atoms with Gasteiger partial charge in [-0.3, -0.25) is 4.79 Å². The maximum Gasteiger partial charge on any atom is 0.260 e. The number of benzene rings is 1. The summed E-state index contributed by atoms with van der Waals surface area (Å²) < 4.78 is 6.07. The second-order valence-electron chi connectivity index (χ2n) is 6.70. The number of carbonyl (C=O) groups excluding carboxylic acids is 1. The van der Waals surface area contributed by atoms with Gasteiger partial charge < -0.3 is 10.1 Å². The fraction of sp³-hybridized carbons (Fsp3) is 0.611. The molecule has 0 radical (unpaired) electrons. The summed E-state index contributed by atoms with van der Waals surface area (Å²) in [4.78, 5) is 12.1. The molecular formula is C18H29NO2S. The first kappa shape index (κ1) is 18.9. The van der Waals surface area contributed by atoms with E-state index in [1.807, 2.05) is 36.0 Å². The number of hydrogen-bond donors (Lipinski definition) is 1. The van der Waals surface area contributed by atoms with Crippen molar-refractivity contribution in [2.45, 2.75) is 58.3 Å². The molecule has 0 heterocycles. The number of carbonyl (C=O) groups is 1. The van der Waals surface area contributed by atoms with Gasteiger partial charge in [0, 0.05) is 17.0 Å². The Kier molecular flexibility index (Phi) is 7.27. The van der Waals surface area contributed by atoms with Gasteiger partial charge in [-0.15, -0.1) is 0 Å². The minimum atomic E-state index is -0.487. The van der Waals surface area contributed by atoms with Gasteiger partial charge in [-0.05, 0) is 24.5 Å². The Hall–Kier alpha value is -1.16. The third-order valence-corrected chi connectivity index (χ3v) is 4.42. The molecule has 3 nitrogen and oxygen atoms in total. The van der Waals surface area contributed by atoms with Gasteiger partial charge in [0.25, 0.3) is 5.91 Å². The molecule has 0 fully saturated rings. The van der Waals surface area contributed by atoms with Crippen LogP contribution < -0.4 is 10.1 Å². The Labute approximate surface area is 139 Å². The number of nitrogens with one attached hydrogen (secondary N) is 1. The Morgan fingerprint density at radius 2 is 1.86 bits per heavy atom. The Bertz CT molecular complexity index is 480. The van der Waals surface area contributed by atoms with Crippen LogP contribution >= 0.6 is 11.8 Å². The lowest BCUT2D eigenvalue weighted by Crippen LogP contribution is -2.37. The third kappa shape index (κ3) is 6.73. The molecule has 1 aromatic rings. The summed E-state index contributed by atoms with van der Waals surface area (Å²) in [5.74, 6) is 2.01. The van der Waals surface area contributed by atoms with Crippen LogP contribution in [0.1, 0.15) is 53.0 Å². The molecule has 124 valence electrons. The van der Waals surface area contributed by atoms with E-state index in [9.17, 15) is 4.79 Å². The Morgan fingerprint density at radius 3 is 2.45 bits per heavy atom. The van der Waals surface area contributed by atoms with Crippen LogP contribution in [-0.2, 0) is 4.79 Å². The van der Waals surface area contributed by atoms with E-state index in [1.54, 1.807) is 6.92 Å². The highest BCUT2D eigenvalue weighted by Gasteiger charge is 2.17. The van der Waals surface area contributed by atoms with Crippen LogP contribution in [0.4, 0.5) is 0 Å². The first-order valence-corrected chi connectivity index (χ1v) is 8.86. The highest BCUT2D eigenvalue weighted by molar-refractivity contribution is 8.00. The van der Waals surface area contributed by atoms with Crippen LogP contribution in [0.5, 0.6) is 5.75 Å². The molecule has 4 heteroatoms. The molecule has 0 unspecified atom stereocenters. The van der Waals surface area contributed by atoms with E-state index in [1.165, 1.54) is 0 Å². The quantitative estimate of drug-likeness (QED) is 0.763. The summed E-state index contributed by atoms with van der Waals surface area (Å²) in [5.41, 5.74) is 1.13. The van der Waals surface area contributed by atoms with Crippen molar-refractivity contribution in [2.75, 3.05) is 12.3 Å². The molecule has 1 aromatic carbocycles. The molecule has 0 aromatic heterocycles. The fourth-order valence-electron chi connectivity index (χ4n) is 1.98. The fourth-order valence-corrected chi connectivity index (χ4v) is 2.80. The molecule has 1 amide bonds. The molecule has 0 bridgehead atoms. The van der Waals surface area contributed by atoms with Crippen LogP contribution in [0, 0.1) is 0 Å². The minimum absolute atomic E-state index is 0.0620. The molecule has 22 heavy (non-hydrogen) atoms. The third-order valence-electron chi connectivity index (χ3n) is 3.15. The molecule has 1 rings (SSSR count). The number of para-hydroxylation sites is 1. The summed E-state index contributed by atoms with van der Waals surface area (Å²) in [6, 6.07) is 7.90. The summed E-state index contributed by atoms with van der Waals surface area (Å²) in [5, 5.41) is 2.94. The molecule has 1 N–H and O–H groups in total. The number of ether oxygens (including phenoxy) is 1. The van der Waals surface area contributed by atoms with Gasteiger partial charge in [-0.25, -0.2) is 0 Å². The highest BCUT2D eigenvalue weighted by Crippen LogP contribution is 2.26. The number of rotatable bonds is 7. The van der Waals surface area contributed by atoms with E-state index in [0.717, 1.165) is 17.1 Å². The Morgan fingerprint density at radius 1 is 1.23 bits per heavy atom. The topological polar surface area (TPSA) is 38.3 Å². The van der Waals surface area contributed by atoms with Crippen LogP contribution in [0.25, 0.3) is 0 Å². The standard InChI is InChI=1S/C18H29NO2S/c1-13(2)15-9-7-8-10-16(15)21-14(3)17(20)19-11-12-22-18(4,5)6/h7-10,13-14H,11-12H2,1-6H3,(H,19,20)/t14-/m0/s1. The van der Waals surface area contributed by atoms with Crippen molar-refractivity contribution in [2.24, 2.45) is 0 Å². The smallest absolute Gasteiger partial charge is 0.260 e. The van der Waals surface area contributed by atoms with E-state index in [2.05, 4.69) is 39.9 Å². The van der Waals surface area contributed by atoms with E-state index in [0.29, 0.717) is 12.5 Å². The van der Waals surface area contributed by atoms with Crippen molar-refractivity contribution in [1.29, 1.82) is 0 Å². The first-order valence-electron chi connectivity index (χ1n) is 7.88. The van der Waals surface area contributed by atoms with E-state index >= 15 is 0 Å². The average Bonchev–Trinajstić information content (AvgIpc) is 2.42. The van der Waals surface area contributed by atoms with Crippen LogP contribution in [0.15, 0.2) is 24.3 Å². The summed E-state index contributed by atoms with van der Waals surface area (Å²) >= 11 is 1.84. The zero-order chi connectivity index (χ0) is 16.8. The van der Waals surface area contributed by atoms with Gasteiger partial charge in [0.2, 0.25) is 0 Å². The molecular weight excluding hydrogens is 294 g/mol. The van der Waals surface area contributed by atoms with Crippen LogP contribution in [0.3, 0.4) is 0 Å². The largest absolute Gasteiger partial charge is 0.481 e. The predicted octanol–water partition coefficient (Wildman–Crippen LogP) is 4.23. The van der Waals surface area contributed by atoms with Crippen LogP contribution in [-0.4, -0.2) is 29.1 Å². The number of amides is 1. The van der Waals surface area contributed by atoms with E-state index in [-0.39, 0.29) is 10.7 Å². The van der Waals surface area contributed by atoms with Crippen molar-refractivity contribution >= 4 is 17.7 Å². The van der Waals surface area contributed by atoms with E-state index in [4.69, 9.17) is 4.74 Å².